The van der Waals surface area contributed by atoms with E-state index in [0.29, 0.717) is 12.3 Å². The second kappa shape index (κ2) is 6.97. The van der Waals surface area contributed by atoms with Crippen molar-refractivity contribution in [3.8, 4) is 0 Å². The highest BCUT2D eigenvalue weighted by molar-refractivity contribution is 5.73. The van der Waals surface area contributed by atoms with Crippen LogP contribution in [0.2, 0.25) is 0 Å². The zero-order valence-electron chi connectivity index (χ0n) is 11.2. The summed E-state index contributed by atoms with van der Waals surface area (Å²) in [5, 5.41) is 9.09. The Morgan fingerprint density at radius 3 is 2.76 bits per heavy atom. The monoisotopic (exact) mass is 243 g/mol. The van der Waals surface area contributed by atoms with E-state index in [0.717, 1.165) is 32.5 Å². The number of carboxylic acids is 1. The number of rotatable bonds is 7. The maximum Gasteiger partial charge on any atom is 0.320 e. The normalized spacial score (nSPS) is 23.2. The van der Waals surface area contributed by atoms with E-state index in [1.165, 1.54) is 0 Å². The van der Waals surface area contributed by atoms with Gasteiger partial charge in [0.25, 0.3) is 0 Å². The van der Waals surface area contributed by atoms with E-state index in [-0.39, 0.29) is 12.1 Å². The molecule has 1 heterocycles. The molecule has 1 aliphatic heterocycles. The van der Waals surface area contributed by atoms with Crippen LogP contribution in [0.3, 0.4) is 0 Å². The molecule has 0 aromatic heterocycles. The summed E-state index contributed by atoms with van der Waals surface area (Å²) in [6, 6.07) is -0.339. The molecule has 4 heteroatoms. The van der Waals surface area contributed by atoms with Gasteiger partial charge < -0.3 is 9.84 Å². The van der Waals surface area contributed by atoms with Gasteiger partial charge in [-0.3, -0.25) is 9.69 Å². The van der Waals surface area contributed by atoms with Crippen molar-refractivity contribution in [1.29, 1.82) is 0 Å². The predicted octanol–water partition coefficient (Wildman–Crippen LogP) is 1.99. The van der Waals surface area contributed by atoms with Crippen LogP contribution in [0, 0.1) is 5.92 Å². The van der Waals surface area contributed by atoms with Gasteiger partial charge in [-0.2, -0.15) is 0 Å². The van der Waals surface area contributed by atoms with Crippen molar-refractivity contribution in [2.45, 2.75) is 52.2 Å². The van der Waals surface area contributed by atoms with E-state index in [1.807, 2.05) is 11.8 Å². The van der Waals surface area contributed by atoms with Crippen molar-refractivity contribution >= 4 is 5.97 Å². The molecule has 17 heavy (non-hydrogen) atoms. The minimum absolute atomic E-state index is 0.224. The van der Waals surface area contributed by atoms with Crippen LogP contribution in [0.25, 0.3) is 0 Å². The molecule has 0 radical (unpaired) electrons. The number of carboxylic acid groups (broad SMARTS) is 1. The maximum absolute atomic E-state index is 11.0. The Morgan fingerprint density at radius 1 is 1.53 bits per heavy atom. The molecule has 0 aliphatic carbocycles. The van der Waals surface area contributed by atoms with Gasteiger partial charge in [-0.25, -0.2) is 0 Å². The van der Waals surface area contributed by atoms with E-state index in [2.05, 4.69) is 13.8 Å². The Labute approximate surface area is 104 Å². The fourth-order valence-corrected chi connectivity index (χ4v) is 2.23. The first-order chi connectivity index (χ1) is 8.04. The fourth-order valence-electron chi connectivity index (χ4n) is 2.23. The van der Waals surface area contributed by atoms with Crippen molar-refractivity contribution in [1.82, 2.24) is 4.90 Å². The van der Waals surface area contributed by atoms with Crippen molar-refractivity contribution in [3.63, 3.8) is 0 Å². The lowest BCUT2D eigenvalue weighted by Gasteiger charge is -2.22. The smallest absolute Gasteiger partial charge is 0.320 e. The van der Waals surface area contributed by atoms with Gasteiger partial charge in [0.2, 0.25) is 0 Å². The highest BCUT2D eigenvalue weighted by Crippen LogP contribution is 2.18. The molecule has 4 nitrogen and oxygen atoms in total. The SMILES string of the molecule is CCC(C(=O)O)N1CCC(OCCC(C)C)C1. The summed E-state index contributed by atoms with van der Waals surface area (Å²) in [4.78, 5) is 13.1. The summed E-state index contributed by atoms with van der Waals surface area (Å²) in [5.41, 5.74) is 0. The minimum Gasteiger partial charge on any atom is -0.480 e. The number of carbonyl (C=O) groups is 1. The Balaban J connectivity index is 2.29. The molecule has 0 aromatic carbocycles. The molecule has 100 valence electrons. The van der Waals surface area contributed by atoms with Crippen LogP contribution >= 0.6 is 0 Å². The first-order valence-corrected chi connectivity index (χ1v) is 6.63. The quantitative estimate of drug-likeness (QED) is 0.743. The molecular formula is C13H25NO3. The minimum atomic E-state index is -0.713. The van der Waals surface area contributed by atoms with Gasteiger partial charge in [0.05, 0.1) is 6.10 Å². The van der Waals surface area contributed by atoms with Gasteiger partial charge in [-0.05, 0) is 25.2 Å². The predicted molar refractivity (Wildman–Crippen MR) is 67.1 cm³/mol. The molecule has 1 rings (SSSR count). The summed E-state index contributed by atoms with van der Waals surface area (Å²) in [6.07, 6.45) is 2.92. The third-order valence-electron chi connectivity index (χ3n) is 3.34. The molecule has 0 amide bonds. The third kappa shape index (κ3) is 4.64. The molecule has 2 atom stereocenters. The van der Waals surface area contributed by atoms with Crippen LogP contribution in [0.15, 0.2) is 0 Å². The van der Waals surface area contributed by atoms with E-state index in [4.69, 9.17) is 9.84 Å². The number of hydrogen-bond donors (Lipinski definition) is 1. The molecule has 0 spiro atoms. The summed E-state index contributed by atoms with van der Waals surface area (Å²) in [6.45, 7) is 8.69. The molecule has 1 saturated heterocycles. The second-order valence-electron chi connectivity index (χ2n) is 5.22. The van der Waals surface area contributed by atoms with Gasteiger partial charge in [-0.1, -0.05) is 20.8 Å². The Hall–Kier alpha value is -0.610. The average Bonchev–Trinajstić information content (AvgIpc) is 2.66. The molecule has 0 aromatic rings. The Morgan fingerprint density at radius 2 is 2.24 bits per heavy atom. The molecular weight excluding hydrogens is 218 g/mol. The third-order valence-corrected chi connectivity index (χ3v) is 3.34. The lowest BCUT2D eigenvalue weighted by Crippen LogP contribution is -2.39. The van der Waals surface area contributed by atoms with Gasteiger partial charge >= 0.3 is 5.97 Å². The molecule has 1 N–H and O–H groups in total. The van der Waals surface area contributed by atoms with Gasteiger partial charge in [0, 0.05) is 19.7 Å². The van der Waals surface area contributed by atoms with Crippen molar-refractivity contribution in [3.05, 3.63) is 0 Å². The standard InChI is InChI=1S/C13H25NO3/c1-4-12(13(15)16)14-7-5-11(9-14)17-8-6-10(2)3/h10-12H,4-9H2,1-3H3,(H,15,16). The molecule has 0 bridgehead atoms. The number of likely N-dealkylation sites (tertiary alicyclic amines) is 1. The topological polar surface area (TPSA) is 49.8 Å². The van der Waals surface area contributed by atoms with Crippen molar-refractivity contribution in [2.24, 2.45) is 5.92 Å². The van der Waals surface area contributed by atoms with Crippen LogP contribution < -0.4 is 0 Å². The van der Waals surface area contributed by atoms with Crippen LogP contribution in [-0.4, -0.2) is 47.8 Å². The maximum atomic E-state index is 11.0. The van der Waals surface area contributed by atoms with Gasteiger partial charge in [-0.15, -0.1) is 0 Å². The second-order valence-corrected chi connectivity index (χ2v) is 5.22. The van der Waals surface area contributed by atoms with Crippen molar-refractivity contribution < 1.29 is 14.6 Å². The lowest BCUT2D eigenvalue weighted by atomic mass is 10.1. The highest BCUT2D eigenvalue weighted by Gasteiger charge is 2.31. The number of aliphatic carboxylic acids is 1. The van der Waals surface area contributed by atoms with Gasteiger partial charge in [0.1, 0.15) is 6.04 Å². The van der Waals surface area contributed by atoms with E-state index >= 15 is 0 Å². The molecule has 0 saturated carbocycles. The highest BCUT2D eigenvalue weighted by atomic mass is 16.5. The summed E-state index contributed by atoms with van der Waals surface area (Å²) in [7, 11) is 0. The first kappa shape index (κ1) is 14.5. The first-order valence-electron chi connectivity index (χ1n) is 6.63. The fraction of sp³-hybridized carbons (Fsp3) is 0.923. The molecule has 1 fully saturated rings. The zero-order chi connectivity index (χ0) is 12.8. The van der Waals surface area contributed by atoms with Crippen LogP contribution in [0.4, 0.5) is 0 Å². The Kier molecular flexibility index (Phi) is 5.92. The van der Waals surface area contributed by atoms with Gasteiger partial charge in [0.15, 0.2) is 0 Å². The average molecular weight is 243 g/mol. The van der Waals surface area contributed by atoms with E-state index < -0.39 is 5.97 Å². The van der Waals surface area contributed by atoms with E-state index in [9.17, 15) is 4.79 Å². The van der Waals surface area contributed by atoms with Crippen LogP contribution in [-0.2, 0) is 9.53 Å². The zero-order valence-corrected chi connectivity index (χ0v) is 11.2. The molecule has 2 unspecified atom stereocenters. The largest absolute Gasteiger partial charge is 0.480 e. The number of ether oxygens (including phenoxy) is 1. The summed E-state index contributed by atoms with van der Waals surface area (Å²) >= 11 is 0. The lowest BCUT2D eigenvalue weighted by molar-refractivity contribution is -0.143. The van der Waals surface area contributed by atoms with E-state index in [1.54, 1.807) is 0 Å². The Bertz CT molecular complexity index is 243. The summed E-state index contributed by atoms with van der Waals surface area (Å²) < 4.78 is 5.78. The van der Waals surface area contributed by atoms with Crippen LogP contribution in [0.1, 0.15) is 40.0 Å². The number of hydrogen-bond acceptors (Lipinski definition) is 3. The summed E-state index contributed by atoms with van der Waals surface area (Å²) in [5.74, 6) is -0.0507. The van der Waals surface area contributed by atoms with Crippen molar-refractivity contribution in [2.75, 3.05) is 19.7 Å². The number of nitrogens with zero attached hydrogens (tertiary/aromatic N) is 1. The van der Waals surface area contributed by atoms with Crippen LogP contribution in [0.5, 0.6) is 0 Å². The molecule has 1 aliphatic rings.